The van der Waals surface area contributed by atoms with E-state index in [-0.39, 0.29) is 28.2 Å². The Morgan fingerprint density at radius 3 is 2.11 bits per heavy atom. The van der Waals surface area contributed by atoms with Gasteiger partial charge in [-0.3, -0.25) is 19.2 Å². The summed E-state index contributed by atoms with van der Waals surface area (Å²) in [5.41, 5.74) is 1.75. The van der Waals surface area contributed by atoms with E-state index in [9.17, 15) is 24.0 Å². The summed E-state index contributed by atoms with van der Waals surface area (Å²) in [6, 6.07) is 20.8. The molecule has 8 heteroatoms. The zero-order valence-electron chi connectivity index (χ0n) is 18.9. The molecule has 176 valence electrons. The van der Waals surface area contributed by atoms with Gasteiger partial charge in [0, 0.05) is 0 Å². The van der Waals surface area contributed by atoms with Gasteiger partial charge in [0.15, 0.2) is 12.4 Å². The maximum absolute atomic E-state index is 12.7. The fraction of sp³-hybridized carbons (Fsp3) is 0.148. The smallest absolute Gasteiger partial charge is 0.338 e. The topological polar surface area (TPSA) is 110 Å². The van der Waals surface area contributed by atoms with E-state index in [0.29, 0.717) is 6.42 Å². The largest absolute Gasteiger partial charge is 0.452 e. The molecule has 0 spiro atoms. The average Bonchev–Trinajstić information content (AvgIpc) is 3.12. The molecular formula is C27H22N2O6. The second-order valence-corrected chi connectivity index (χ2v) is 8.04. The average molecular weight is 470 g/mol. The van der Waals surface area contributed by atoms with Crippen molar-refractivity contribution < 1.29 is 28.7 Å². The molecule has 3 aromatic rings. The van der Waals surface area contributed by atoms with Gasteiger partial charge in [0.1, 0.15) is 0 Å². The minimum atomic E-state index is -0.805. The number of hydrogen-bond donors (Lipinski definition) is 1. The number of fused-ring (bicyclic) bond motifs is 1. The Balaban J connectivity index is 1.39. The molecule has 8 nitrogen and oxygen atoms in total. The third-order valence-corrected chi connectivity index (χ3v) is 5.58. The van der Waals surface area contributed by atoms with Crippen LogP contribution in [0, 0.1) is 0 Å². The molecule has 1 N–H and O–H groups in total. The Kier molecular flexibility index (Phi) is 6.82. The molecule has 0 unspecified atom stereocenters. The molecule has 0 saturated heterocycles. The van der Waals surface area contributed by atoms with Gasteiger partial charge in [-0.15, -0.1) is 0 Å². The molecule has 35 heavy (non-hydrogen) atoms. The lowest BCUT2D eigenvalue weighted by atomic mass is 10.0. The predicted octanol–water partition coefficient (Wildman–Crippen LogP) is 2.96. The van der Waals surface area contributed by atoms with Crippen LogP contribution < -0.4 is 10.2 Å². The second-order valence-electron chi connectivity index (χ2n) is 8.04. The molecule has 1 aliphatic heterocycles. The summed E-state index contributed by atoms with van der Waals surface area (Å²) in [5, 5.41) is 2.59. The van der Waals surface area contributed by atoms with Gasteiger partial charge < -0.3 is 10.1 Å². The minimum Gasteiger partial charge on any atom is -0.452 e. The van der Waals surface area contributed by atoms with E-state index in [0.717, 1.165) is 10.5 Å². The summed E-state index contributed by atoms with van der Waals surface area (Å²) in [6.07, 6.45) is 0.318. The number of nitrogens with zero attached hydrogens (tertiary/aromatic N) is 1. The Bertz CT molecular complexity index is 1280. The molecule has 0 bridgehead atoms. The second kappa shape index (κ2) is 10.1. The number of benzene rings is 3. The quantitative estimate of drug-likeness (QED) is 0.400. The number of carbonyl (C=O) groups excluding carboxylic acids is 5. The maximum Gasteiger partial charge on any atom is 0.338 e. The van der Waals surface area contributed by atoms with Crippen LogP contribution in [0.25, 0.3) is 0 Å². The molecule has 0 aromatic heterocycles. The van der Waals surface area contributed by atoms with Crippen LogP contribution in [0.5, 0.6) is 0 Å². The highest BCUT2D eigenvalue weighted by Gasteiger charge is 2.36. The van der Waals surface area contributed by atoms with Gasteiger partial charge in [0.05, 0.1) is 28.4 Å². The fourth-order valence-corrected chi connectivity index (χ4v) is 3.79. The van der Waals surface area contributed by atoms with Gasteiger partial charge in [0.25, 0.3) is 17.7 Å². The highest BCUT2D eigenvalue weighted by atomic mass is 16.5. The van der Waals surface area contributed by atoms with Crippen molar-refractivity contribution in [1.29, 1.82) is 0 Å². The van der Waals surface area contributed by atoms with Gasteiger partial charge in [-0.2, -0.15) is 0 Å². The summed E-state index contributed by atoms with van der Waals surface area (Å²) in [7, 11) is 0. The van der Waals surface area contributed by atoms with Crippen LogP contribution >= 0.6 is 0 Å². The first kappa shape index (κ1) is 23.6. The Morgan fingerprint density at radius 1 is 0.857 bits per heavy atom. The van der Waals surface area contributed by atoms with Crippen LogP contribution in [0.15, 0.2) is 78.9 Å². The van der Waals surface area contributed by atoms with Gasteiger partial charge >= 0.3 is 5.97 Å². The van der Waals surface area contributed by atoms with Crippen LogP contribution in [-0.2, 0) is 20.7 Å². The molecule has 4 rings (SSSR count). The zero-order chi connectivity index (χ0) is 24.9. The van der Waals surface area contributed by atoms with Crippen LogP contribution in [0.2, 0.25) is 0 Å². The third-order valence-electron chi connectivity index (χ3n) is 5.58. The molecule has 0 fully saturated rings. The third kappa shape index (κ3) is 5.16. The van der Waals surface area contributed by atoms with Crippen molar-refractivity contribution in [1.82, 2.24) is 5.32 Å². The Labute approximate surface area is 201 Å². The summed E-state index contributed by atoms with van der Waals surface area (Å²) in [6.45, 7) is 0.791. The van der Waals surface area contributed by atoms with E-state index in [1.165, 1.54) is 31.2 Å². The van der Waals surface area contributed by atoms with E-state index in [1.807, 2.05) is 30.3 Å². The van der Waals surface area contributed by atoms with Crippen LogP contribution in [0.1, 0.15) is 43.6 Å². The van der Waals surface area contributed by atoms with Crippen molar-refractivity contribution in [3.63, 3.8) is 0 Å². The number of imide groups is 1. The van der Waals surface area contributed by atoms with Crippen molar-refractivity contribution >= 4 is 35.2 Å². The number of hydrogen-bond acceptors (Lipinski definition) is 6. The standard InChI is InChI=1S/C27H22N2O6/c1-17(30)23(14-18-8-3-2-4-9-18)28-24(31)16-35-27(34)19-10-7-11-20(15-19)29-25(32)21-12-5-6-13-22(21)26(29)33/h2-13,15,23H,14,16H2,1H3,(H,28,31)/t23-/m0/s1. The summed E-state index contributed by atoms with van der Waals surface area (Å²) in [5.74, 6) is -2.61. The highest BCUT2D eigenvalue weighted by Crippen LogP contribution is 2.28. The molecule has 0 radical (unpaired) electrons. The molecule has 0 saturated carbocycles. The number of Topliss-reactive ketones (excluding diaryl/α,β-unsaturated/α-hetero) is 1. The lowest BCUT2D eigenvalue weighted by Crippen LogP contribution is -2.43. The number of ketones is 1. The van der Waals surface area contributed by atoms with Crippen molar-refractivity contribution in [3.8, 4) is 0 Å². The van der Waals surface area contributed by atoms with E-state index in [2.05, 4.69) is 5.32 Å². The predicted molar refractivity (Wildman–Crippen MR) is 127 cm³/mol. The summed E-state index contributed by atoms with van der Waals surface area (Å²) >= 11 is 0. The zero-order valence-corrected chi connectivity index (χ0v) is 18.9. The van der Waals surface area contributed by atoms with E-state index >= 15 is 0 Å². The van der Waals surface area contributed by atoms with Crippen LogP contribution in [0.3, 0.4) is 0 Å². The maximum atomic E-state index is 12.7. The number of amides is 3. The summed E-state index contributed by atoms with van der Waals surface area (Å²) < 4.78 is 5.10. The highest BCUT2D eigenvalue weighted by molar-refractivity contribution is 6.34. The van der Waals surface area contributed by atoms with Crippen molar-refractivity contribution in [2.24, 2.45) is 0 Å². The monoisotopic (exact) mass is 470 g/mol. The molecular weight excluding hydrogens is 448 g/mol. The summed E-state index contributed by atoms with van der Waals surface area (Å²) in [4.78, 5) is 63.2. The first-order valence-electron chi connectivity index (χ1n) is 10.9. The molecule has 1 heterocycles. The number of esters is 1. The molecule has 3 amide bonds. The lowest BCUT2D eigenvalue weighted by molar-refractivity contribution is -0.128. The molecule has 1 aliphatic rings. The van der Waals surface area contributed by atoms with Gasteiger partial charge in [-0.05, 0) is 49.2 Å². The minimum absolute atomic E-state index is 0.0688. The molecule has 3 aromatic carbocycles. The normalized spacial score (nSPS) is 13.2. The SMILES string of the molecule is CC(=O)[C@H](Cc1ccccc1)NC(=O)COC(=O)c1cccc(N2C(=O)c3ccccc3C2=O)c1. The van der Waals surface area contributed by atoms with Crippen molar-refractivity contribution in [3.05, 3.63) is 101 Å². The Morgan fingerprint density at radius 2 is 1.49 bits per heavy atom. The van der Waals surface area contributed by atoms with Crippen molar-refractivity contribution in [2.45, 2.75) is 19.4 Å². The molecule has 1 atom stereocenters. The lowest BCUT2D eigenvalue weighted by Gasteiger charge is -2.16. The molecule has 0 aliphatic carbocycles. The Hall–Kier alpha value is -4.59. The van der Waals surface area contributed by atoms with Gasteiger partial charge in [0.2, 0.25) is 0 Å². The van der Waals surface area contributed by atoms with E-state index < -0.39 is 36.3 Å². The number of nitrogens with one attached hydrogen (secondary N) is 1. The van der Waals surface area contributed by atoms with Gasteiger partial charge in [-0.1, -0.05) is 48.5 Å². The first-order valence-corrected chi connectivity index (χ1v) is 10.9. The first-order chi connectivity index (χ1) is 16.8. The number of anilines is 1. The number of carbonyl (C=O) groups is 5. The number of rotatable bonds is 8. The van der Waals surface area contributed by atoms with Gasteiger partial charge in [-0.25, -0.2) is 9.69 Å². The van der Waals surface area contributed by atoms with Crippen LogP contribution in [-0.4, -0.2) is 42.1 Å². The van der Waals surface area contributed by atoms with E-state index in [1.54, 1.807) is 24.3 Å². The van der Waals surface area contributed by atoms with Crippen molar-refractivity contribution in [2.75, 3.05) is 11.5 Å². The number of ether oxygens (including phenoxy) is 1. The van der Waals surface area contributed by atoms with Crippen LogP contribution in [0.4, 0.5) is 5.69 Å². The van der Waals surface area contributed by atoms with E-state index in [4.69, 9.17) is 4.74 Å². The fourth-order valence-electron chi connectivity index (χ4n) is 3.79.